The van der Waals surface area contributed by atoms with Crippen molar-refractivity contribution in [1.82, 2.24) is 4.90 Å². The van der Waals surface area contributed by atoms with Gasteiger partial charge in [-0.2, -0.15) is 0 Å². The number of aliphatic carboxylic acids is 1. The second kappa shape index (κ2) is 8.66. The number of carbonyl (C=O) groups is 1. The van der Waals surface area contributed by atoms with Crippen molar-refractivity contribution in [2.75, 3.05) is 19.6 Å². The Morgan fingerprint density at radius 3 is 2.25 bits per heavy atom. The van der Waals surface area contributed by atoms with Crippen LogP contribution in [-0.2, 0) is 4.79 Å². The van der Waals surface area contributed by atoms with Crippen LogP contribution in [0.2, 0.25) is 0 Å². The summed E-state index contributed by atoms with van der Waals surface area (Å²) in [4.78, 5) is 13.9. The Hall–Kier alpha value is -0.570. The van der Waals surface area contributed by atoms with Crippen LogP contribution in [0, 0.1) is 11.3 Å². The number of nitrogens with zero attached hydrogens (tertiary/aromatic N) is 1. The summed E-state index contributed by atoms with van der Waals surface area (Å²) in [6, 6.07) is 0. The minimum Gasteiger partial charge on any atom is -0.481 e. The summed E-state index contributed by atoms with van der Waals surface area (Å²) in [7, 11) is 0. The zero-order valence-electron chi connectivity index (χ0n) is 13.7. The molecule has 1 N–H and O–H groups in total. The van der Waals surface area contributed by atoms with Crippen molar-refractivity contribution in [3.63, 3.8) is 0 Å². The van der Waals surface area contributed by atoms with Gasteiger partial charge in [-0.05, 0) is 31.8 Å². The first-order valence-corrected chi connectivity index (χ1v) is 8.48. The van der Waals surface area contributed by atoms with Crippen LogP contribution in [0.15, 0.2) is 0 Å². The second-order valence-corrected chi connectivity index (χ2v) is 6.76. The van der Waals surface area contributed by atoms with Gasteiger partial charge in [-0.25, -0.2) is 0 Å². The molecule has 1 fully saturated rings. The van der Waals surface area contributed by atoms with Crippen LogP contribution >= 0.6 is 0 Å². The van der Waals surface area contributed by atoms with E-state index in [2.05, 4.69) is 11.8 Å². The quantitative estimate of drug-likeness (QED) is 0.612. The minimum absolute atomic E-state index is 0.221. The Kier molecular flexibility index (Phi) is 7.57. The summed E-state index contributed by atoms with van der Waals surface area (Å²) in [5.41, 5.74) is -0.499. The highest BCUT2D eigenvalue weighted by molar-refractivity contribution is 5.75. The molecule has 0 aromatic carbocycles. The van der Waals surface area contributed by atoms with Crippen LogP contribution in [-0.4, -0.2) is 35.6 Å². The van der Waals surface area contributed by atoms with E-state index in [1.54, 1.807) is 0 Å². The lowest BCUT2D eigenvalue weighted by molar-refractivity contribution is -0.151. The van der Waals surface area contributed by atoms with Gasteiger partial charge in [0.25, 0.3) is 0 Å². The van der Waals surface area contributed by atoms with Gasteiger partial charge in [0.2, 0.25) is 0 Å². The van der Waals surface area contributed by atoms with Gasteiger partial charge < -0.3 is 10.0 Å². The minimum atomic E-state index is -0.602. The molecule has 1 aliphatic heterocycles. The van der Waals surface area contributed by atoms with Crippen molar-refractivity contribution in [2.45, 2.75) is 72.1 Å². The van der Waals surface area contributed by atoms with E-state index < -0.39 is 11.4 Å². The van der Waals surface area contributed by atoms with Crippen molar-refractivity contribution >= 4 is 5.97 Å². The lowest BCUT2D eigenvalue weighted by Gasteiger charge is -2.28. The molecule has 3 heteroatoms. The number of unbranched alkanes of at least 4 members (excludes halogenated alkanes) is 6. The molecule has 0 radical (unpaired) electrons. The highest BCUT2D eigenvalue weighted by atomic mass is 16.4. The predicted octanol–water partition coefficient (Wildman–Crippen LogP) is 4.17. The van der Waals surface area contributed by atoms with E-state index in [0.717, 1.165) is 26.1 Å². The molecule has 1 aliphatic rings. The van der Waals surface area contributed by atoms with E-state index >= 15 is 0 Å². The SMILES string of the molecule is CCCCCCCCCN1CCC(C(=O)O)(C(C)C)C1. The van der Waals surface area contributed by atoms with Gasteiger partial charge in [-0.3, -0.25) is 4.79 Å². The third-order valence-electron chi connectivity index (χ3n) is 4.99. The molecule has 0 aliphatic carbocycles. The van der Waals surface area contributed by atoms with Gasteiger partial charge in [0.15, 0.2) is 0 Å². The largest absolute Gasteiger partial charge is 0.481 e. The Morgan fingerprint density at radius 1 is 1.15 bits per heavy atom. The molecule has 0 amide bonds. The molecule has 0 aromatic rings. The zero-order valence-corrected chi connectivity index (χ0v) is 13.7. The van der Waals surface area contributed by atoms with E-state index in [1.807, 2.05) is 13.8 Å². The normalized spacial score (nSPS) is 23.6. The zero-order chi connectivity index (χ0) is 15.0. The molecular weight excluding hydrogens is 250 g/mol. The number of hydrogen-bond donors (Lipinski definition) is 1. The number of likely N-dealkylation sites (tertiary alicyclic amines) is 1. The van der Waals surface area contributed by atoms with Crippen molar-refractivity contribution in [1.29, 1.82) is 0 Å². The van der Waals surface area contributed by atoms with Crippen molar-refractivity contribution in [2.24, 2.45) is 11.3 Å². The molecule has 1 heterocycles. The summed E-state index contributed by atoms with van der Waals surface area (Å²) < 4.78 is 0. The van der Waals surface area contributed by atoms with E-state index in [1.165, 1.54) is 44.9 Å². The molecule has 20 heavy (non-hydrogen) atoms. The molecule has 0 aromatic heterocycles. The average molecular weight is 283 g/mol. The number of hydrogen-bond acceptors (Lipinski definition) is 2. The molecule has 0 saturated carbocycles. The standard InChI is InChI=1S/C17H33NO2/c1-4-5-6-7-8-9-10-12-18-13-11-17(14-18,15(2)3)16(19)20/h15H,4-14H2,1-3H3,(H,19,20). The van der Waals surface area contributed by atoms with Crippen molar-refractivity contribution in [3.05, 3.63) is 0 Å². The molecule has 1 rings (SSSR count). The third kappa shape index (κ3) is 4.76. The van der Waals surface area contributed by atoms with E-state index in [4.69, 9.17) is 0 Å². The Balaban J connectivity index is 2.19. The highest BCUT2D eigenvalue weighted by Gasteiger charge is 2.46. The van der Waals surface area contributed by atoms with Gasteiger partial charge in [-0.1, -0.05) is 59.3 Å². The van der Waals surface area contributed by atoms with Gasteiger partial charge in [0, 0.05) is 6.54 Å². The first-order chi connectivity index (χ1) is 9.53. The fourth-order valence-corrected chi connectivity index (χ4v) is 3.29. The third-order valence-corrected chi connectivity index (χ3v) is 4.99. The molecule has 1 unspecified atom stereocenters. The summed E-state index contributed by atoms with van der Waals surface area (Å²) in [5, 5.41) is 9.52. The van der Waals surface area contributed by atoms with E-state index in [9.17, 15) is 9.90 Å². The second-order valence-electron chi connectivity index (χ2n) is 6.76. The monoisotopic (exact) mass is 283 g/mol. The Bertz CT molecular complexity index is 291. The van der Waals surface area contributed by atoms with E-state index in [0.29, 0.717) is 0 Å². The van der Waals surface area contributed by atoms with Gasteiger partial charge in [0.05, 0.1) is 5.41 Å². The fraction of sp³-hybridized carbons (Fsp3) is 0.941. The van der Waals surface area contributed by atoms with Crippen molar-refractivity contribution in [3.8, 4) is 0 Å². The first kappa shape index (κ1) is 17.5. The number of rotatable bonds is 10. The Morgan fingerprint density at radius 2 is 1.75 bits per heavy atom. The molecular formula is C17H33NO2. The van der Waals surface area contributed by atoms with Gasteiger partial charge >= 0.3 is 5.97 Å². The van der Waals surface area contributed by atoms with Crippen LogP contribution in [0.25, 0.3) is 0 Å². The van der Waals surface area contributed by atoms with E-state index in [-0.39, 0.29) is 5.92 Å². The summed E-state index contributed by atoms with van der Waals surface area (Å²) in [6.45, 7) is 9.12. The van der Waals surface area contributed by atoms with Gasteiger partial charge in [0.1, 0.15) is 0 Å². The molecule has 0 spiro atoms. The smallest absolute Gasteiger partial charge is 0.311 e. The van der Waals surface area contributed by atoms with Crippen LogP contribution in [0.4, 0.5) is 0 Å². The summed E-state index contributed by atoms with van der Waals surface area (Å²) >= 11 is 0. The lowest BCUT2D eigenvalue weighted by atomic mass is 9.76. The number of carboxylic acid groups (broad SMARTS) is 1. The molecule has 3 nitrogen and oxygen atoms in total. The topological polar surface area (TPSA) is 40.5 Å². The van der Waals surface area contributed by atoms with Crippen LogP contribution in [0.3, 0.4) is 0 Å². The lowest BCUT2D eigenvalue weighted by Crippen LogP contribution is -2.39. The maximum Gasteiger partial charge on any atom is 0.311 e. The maximum absolute atomic E-state index is 11.6. The van der Waals surface area contributed by atoms with Crippen molar-refractivity contribution < 1.29 is 9.90 Å². The van der Waals surface area contributed by atoms with Gasteiger partial charge in [-0.15, -0.1) is 0 Å². The summed E-state index contributed by atoms with van der Waals surface area (Å²) in [6.07, 6.45) is 10.1. The molecule has 0 bridgehead atoms. The fourth-order valence-electron chi connectivity index (χ4n) is 3.29. The summed E-state index contributed by atoms with van der Waals surface area (Å²) in [5.74, 6) is -0.381. The average Bonchev–Trinajstić information content (AvgIpc) is 2.83. The maximum atomic E-state index is 11.6. The molecule has 1 saturated heterocycles. The van der Waals surface area contributed by atoms with Crippen LogP contribution < -0.4 is 0 Å². The molecule has 118 valence electrons. The molecule has 1 atom stereocenters. The van der Waals surface area contributed by atoms with Crippen LogP contribution in [0.5, 0.6) is 0 Å². The van der Waals surface area contributed by atoms with Crippen LogP contribution in [0.1, 0.15) is 72.1 Å². The number of carboxylic acids is 1. The Labute approximate surface area is 124 Å². The first-order valence-electron chi connectivity index (χ1n) is 8.48. The highest BCUT2D eigenvalue weighted by Crippen LogP contribution is 2.38. The predicted molar refractivity (Wildman–Crippen MR) is 84.0 cm³/mol.